The second kappa shape index (κ2) is 11.7. The van der Waals surface area contributed by atoms with E-state index in [1.807, 2.05) is 37.3 Å². The van der Waals surface area contributed by atoms with Gasteiger partial charge in [-0.2, -0.15) is 5.10 Å². The third-order valence-electron chi connectivity index (χ3n) is 7.50. The first-order chi connectivity index (χ1) is 21.5. The number of aryl methyl sites for hydroxylation is 1. The number of fused-ring (bicyclic) bond motifs is 1. The number of carbonyl (C=O) groups is 1. The molecule has 0 radical (unpaired) electrons. The van der Waals surface area contributed by atoms with Crippen LogP contribution in [0.1, 0.15) is 47.2 Å². The predicted octanol–water partition coefficient (Wildman–Crippen LogP) is 6.29. The van der Waals surface area contributed by atoms with Gasteiger partial charge < -0.3 is 20.4 Å². The molecular weight excluding hydrogens is 561 g/mol. The first-order valence-corrected chi connectivity index (χ1v) is 14.3. The highest BCUT2D eigenvalue weighted by Crippen LogP contribution is 2.34. The van der Waals surface area contributed by atoms with Gasteiger partial charge in [-0.1, -0.05) is 6.07 Å². The van der Waals surface area contributed by atoms with Crippen molar-refractivity contribution in [1.82, 2.24) is 34.7 Å². The quantitative estimate of drug-likeness (QED) is 0.198. The number of benzene rings is 2. The molecule has 0 bridgehead atoms. The highest BCUT2D eigenvalue weighted by atomic mass is 19.1. The number of hydrogen-bond donors (Lipinski definition) is 3. The van der Waals surface area contributed by atoms with Crippen LogP contribution in [0.5, 0.6) is 0 Å². The van der Waals surface area contributed by atoms with E-state index in [0.29, 0.717) is 40.8 Å². The molecule has 1 aliphatic rings. The highest BCUT2D eigenvalue weighted by Gasteiger charge is 2.23. The van der Waals surface area contributed by atoms with E-state index >= 15 is 0 Å². The summed E-state index contributed by atoms with van der Waals surface area (Å²) in [4.78, 5) is 34.7. The van der Waals surface area contributed by atoms with Crippen LogP contribution in [0, 0.1) is 12.7 Å². The Hall–Kier alpha value is -5.49. The largest absolute Gasteiger partial charge is 0.370 e. The fraction of sp³-hybridized carbons (Fsp3) is 0.188. The summed E-state index contributed by atoms with van der Waals surface area (Å²) in [5.74, 6) is 0.453. The number of nitrogens with one attached hydrogen (secondary N) is 3. The number of anilines is 3. The lowest BCUT2D eigenvalue weighted by atomic mass is 10.1. The van der Waals surface area contributed by atoms with Crippen molar-refractivity contribution < 1.29 is 13.9 Å². The third-order valence-corrected chi connectivity index (χ3v) is 7.50. The van der Waals surface area contributed by atoms with Crippen molar-refractivity contribution in [1.29, 1.82) is 0 Å². The second-order valence-electron chi connectivity index (χ2n) is 10.5. The Morgan fingerprint density at radius 1 is 1.07 bits per heavy atom. The maximum Gasteiger partial charge on any atom is 0.276 e. The van der Waals surface area contributed by atoms with Crippen molar-refractivity contribution in [3.05, 3.63) is 102 Å². The summed E-state index contributed by atoms with van der Waals surface area (Å²) in [6.45, 7) is 2.68. The second-order valence-corrected chi connectivity index (χ2v) is 10.5. The molecule has 12 heteroatoms. The molecule has 5 heterocycles. The van der Waals surface area contributed by atoms with E-state index in [1.165, 1.54) is 24.3 Å². The molecule has 3 N–H and O–H groups in total. The average Bonchev–Trinajstić information content (AvgIpc) is 3.74. The summed E-state index contributed by atoms with van der Waals surface area (Å²) in [6, 6.07) is 16.9. The molecule has 4 aromatic heterocycles. The van der Waals surface area contributed by atoms with Crippen LogP contribution < -0.4 is 10.6 Å². The molecule has 1 amide bonds. The first kappa shape index (κ1) is 27.3. The number of aromatic nitrogens is 7. The summed E-state index contributed by atoms with van der Waals surface area (Å²) in [7, 11) is 0. The molecule has 11 nitrogen and oxygen atoms in total. The van der Waals surface area contributed by atoms with Crippen LogP contribution in [0.25, 0.3) is 28.1 Å². The van der Waals surface area contributed by atoms with Crippen molar-refractivity contribution in [2.45, 2.75) is 32.3 Å². The Morgan fingerprint density at radius 3 is 2.80 bits per heavy atom. The molecule has 1 unspecified atom stereocenters. The molecule has 220 valence electrons. The summed E-state index contributed by atoms with van der Waals surface area (Å²) >= 11 is 0. The van der Waals surface area contributed by atoms with Gasteiger partial charge in [0.2, 0.25) is 0 Å². The fourth-order valence-electron chi connectivity index (χ4n) is 5.16. The van der Waals surface area contributed by atoms with Crippen molar-refractivity contribution in [3.8, 4) is 16.9 Å². The van der Waals surface area contributed by atoms with Gasteiger partial charge in [0.05, 0.1) is 12.0 Å². The monoisotopic (exact) mass is 589 g/mol. The van der Waals surface area contributed by atoms with Crippen LogP contribution in [0.3, 0.4) is 0 Å². The number of rotatable bonds is 7. The van der Waals surface area contributed by atoms with E-state index in [1.54, 1.807) is 29.5 Å². The van der Waals surface area contributed by atoms with Crippen molar-refractivity contribution in [2.24, 2.45) is 0 Å². The molecule has 7 rings (SSSR count). The summed E-state index contributed by atoms with van der Waals surface area (Å²) in [5.41, 5.74) is 5.99. The Balaban J connectivity index is 1.18. The third kappa shape index (κ3) is 5.50. The summed E-state index contributed by atoms with van der Waals surface area (Å²) in [5, 5.41) is 10.7. The van der Waals surface area contributed by atoms with Gasteiger partial charge in [-0.05, 0) is 86.3 Å². The molecule has 0 spiro atoms. The predicted molar refractivity (Wildman–Crippen MR) is 163 cm³/mol. The van der Waals surface area contributed by atoms with Crippen LogP contribution in [-0.2, 0) is 4.74 Å². The lowest BCUT2D eigenvalue weighted by Gasteiger charge is -2.22. The van der Waals surface area contributed by atoms with E-state index in [9.17, 15) is 9.18 Å². The molecule has 1 aliphatic heterocycles. The van der Waals surface area contributed by atoms with E-state index in [0.717, 1.165) is 41.8 Å². The number of ether oxygens (including phenoxy) is 1. The molecule has 44 heavy (non-hydrogen) atoms. The Kier molecular flexibility index (Phi) is 7.24. The maximum atomic E-state index is 13.2. The minimum absolute atomic E-state index is 0.174. The number of H-pyrrole nitrogens is 1. The standard InChI is InChI=1S/C32H28FN9O2/c1-19-7-12-22(42-15-13-24(41-42)32(43)37-21-10-8-20(33)9-11-21)17-25(19)38-29-23(5-4-14-34-29)27-28-31(36-18-35-28)40-30(39-27)26-6-2-3-16-44-26/h4-5,7-15,17-18,26H,2-3,6,16H2,1H3,(H,34,38)(H,37,43)(H,35,36,39,40). The van der Waals surface area contributed by atoms with Gasteiger partial charge in [-0.25, -0.2) is 29.0 Å². The Bertz CT molecular complexity index is 1960. The smallest absolute Gasteiger partial charge is 0.276 e. The molecule has 6 aromatic rings. The highest BCUT2D eigenvalue weighted by molar-refractivity contribution is 6.02. The lowest BCUT2D eigenvalue weighted by molar-refractivity contribution is 0.00970. The number of imidazole rings is 1. The Morgan fingerprint density at radius 2 is 1.95 bits per heavy atom. The minimum Gasteiger partial charge on any atom is -0.370 e. The number of aromatic amines is 1. The van der Waals surface area contributed by atoms with Gasteiger partial charge >= 0.3 is 0 Å². The number of amides is 1. The molecule has 1 saturated heterocycles. The van der Waals surface area contributed by atoms with Gasteiger partial charge in [0.25, 0.3) is 5.91 Å². The zero-order valence-corrected chi connectivity index (χ0v) is 23.8. The number of hydrogen-bond acceptors (Lipinski definition) is 8. The van der Waals surface area contributed by atoms with Crippen molar-refractivity contribution >= 4 is 34.3 Å². The van der Waals surface area contributed by atoms with E-state index in [4.69, 9.17) is 9.72 Å². The molecule has 0 saturated carbocycles. The van der Waals surface area contributed by atoms with Gasteiger partial charge in [-0.3, -0.25) is 4.79 Å². The number of nitrogens with zero attached hydrogens (tertiary/aromatic N) is 6. The topological polar surface area (TPSA) is 136 Å². The van der Waals surface area contributed by atoms with Crippen LogP contribution in [0.15, 0.2) is 79.4 Å². The van der Waals surface area contributed by atoms with Crippen molar-refractivity contribution in [3.63, 3.8) is 0 Å². The van der Waals surface area contributed by atoms with Gasteiger partial charge in [0.1, 0.15) is 28.9 Å². The zero-order chi connectivity index (χ0) is 30.0. The van der Waals surface area contributed by atoms with Crippen LogP contribution in [0.2, 0.25) is 0 Å². The molecule has 1 atom stereocenters. The normalized spacial score (nSPS) is 14.9. The summed E-state index contributed by atoms with van der Waals surface area (Å²) < 4.78 is 20.8. The molecule has 1 fully saturated rings. The van der Waals surface area contributed by atoms with Gasteiger partial charge in [0, 0.05) is 35.9 Å². The van der Waals surface area contributed by atoms with E-state index in [2.05, 4.69) is 35.7 Å². The van der Waals surface area contributed by atoms with Gasteiger partial charge in [0.15, 0.2) is 17.2 Å². The summed E-state index contributed by atoms with van der Waals surface area (Å²) in [6.07, 6.45) is 7.84. The minimum atomic E-state index is -0.396. The van der Waals surface area contributed by atoms with Crippen LogP contribution in [0.4, 0.5) is 21.6 Å². The van der Waals surface area contributed by atoms with Crippen LogP contribution in [-0.4, -0.2) is 47.2 Å². The SMILES string of the molecule is Cc1ccc(-n2ccc(C(=O)Nc3ccc(F)cc3)n2)cc1Nc1ncccc1-c1nc(C2CCCCO2)nc2nc[nH]c12. The van der Waals surface area contributed by atoms with E-state index in [-0.39, 0.29) is 17.6 Å². The Labute approximate surface area is 251 Å². The lowest BCUT2D eigenvalue weighted by Crippen LogP contribution is -2.15. The van der Waals surface area contributed by atoms with Crippen LogP contribution >= 0.6 is 0 Å². The maximum absolute atomic E-state index is 13.2. The molecule has 0 aliphatic carbocycles. The molecule has 2 aromatic carbocycles. The number of pyridine rings is 1. The first-order valence-electron chi connectivity index (χ1n) is 14.3. The fourth-order valence-corrected chi connectivity index (χ4v) is 5.16. The van der Waals surface area contributed by atoms with Gasteiger partial charge in [-0.15, -0.1) is 0 Å². The van der Waals surface area contributed by atoms with Crippen molar-refractivity contribution in [2.75, 3.05) is 17.2 Å². The number of carbonyl (C=O) groups excluding carboxylic acids is 1. The zero-order valence-electron chi connectivity index (χ0n) is 23.8. The number of halogens is 1. The average molecular weight is 590 g/mol. The van der Waals surface area contributed by atoms with E-state index < -0.39 is 5.91 Å². The molecular formula is C32H28FN9O2.